The van der Waals surface area contributed by atoms with E-state index in [0.29, 0.717) is 11.5 Å². The van der Waals surface area contributed by atoms with Gasteiger partial charge >= 0.3 is 0 Å². The number of hydrogen-bond donors (Lipinski definition) is 0. The van der Waals surface area contributed by atoms with E-state index in [9.17, 15) is 0 Å². The van der Waals surface area contributed by atoms with Crippen molar-refractivity contribution in [3.63, 3.8) is 0 Å². The van der Waals surface area contributed by atoms with Gasteiger partial charge in [0.25, 0.3) is 0 Å². The van der Waals surface area contributed by atoms with Gasteiger partial charge in [0.05, 0.1) is 6.10 Å². The molecule has 0 aromatic heterocycles. The van der Waals surface area contributed by atoms with Crippen molar-refractivity contribution < 1.29 is 4.43 Å². The molecule has 0 N–H and O–H groups in total. The van der Waals surface area contributed by atoms with Crippen LogP contribution in [-0.2, 0) is 4.43 Å². The zero-order chi connectivity index (χ0) is 22.5. The van der Waals surface area contributed by atoms with Crippen LogP contribution >= 0.6 is 0 Å². The van der Waals surface area contributed by atoms with Gasteiger partial charge in [-0.05, 0) is 98.6 Å². The van der Waals surface area contributed by atoms with Gasteiger partial charge in [-0.1, -0.05) is 52.7 Å². The van der Waals surface area contributed by atoms with Crippen LogP contribution in [-0.4, -0.2) is 14.4 Å². The molecule has 0 amide bonds. The Bertz CT molecular complexity index is 716. The molecule has 0 saturated heterocycles. The minimum Gasteiger partial charge on any atom is -0.413 e. The van der Waals surface area contributed by atoms with Crippen LogP contribution in [0.15, 0.2) is 11.1 Å². The molecular formula is C28H48OSi. The first-order chi connectivity index (χ1) is 13.8. The van der Waals surface area contributed by atoms with Gasteiger partial charge in [0, 0.05) is 6.42 Å². The molecule has 3 rings (SSSR count). The Balaban J connectivity index is 1.86. The quantitative estimate of drug-likeness (QED) is 0.248. The summed E-state index contributed by atoms with van der Waals surface area (Å²) in [7, 11) is -1.76. The summed E-state index contributed by atoms with van der Waals surface area (Å²) in [5, 5.41) is 0.277. The van der Waals surface area contributed by atoms with E-state index in [2.05, 4.69) is 67.5 Å². The molecule has 170 valence electrons. The number of terminal acetylenes is 1. The highest BCUT2D eigenvalue weighted by Crippen LogP contribution is 2.65. The van der Waals surface area contributed by atoms with E-state index in [1.54, 1.807) is 11.1 Å². The van der Waals surface area contributed by atoms with Crippen molar-refractivity contribution in [2.24, 2.45) is 28.6 Å². The molecule has 0 unspecified atom stereocenters. The molecule has 3 aliphatic rings. The van der Waals surface area contributed by atoms with Gasteiger partial charge in [0.2, 0.25) is 0 Å². The largest absolute Gasteiger partial charge is 0.413 e. The molecule has 2 saturated carbocycles. The maximum Gasteiger partial charge on any atom is 0.192 e. The summed E-state index contributed by atoms with van der Waals surface area (Å²) in [5.74, 6) is 5.28. The van der Waals surface area contributed by atoms with E-state index in [0.717, 1.165) is 30.6 Å². The molecule has 0 radical (unpaired) electrons. The Morgan fingerprint density at radius 1 is 1.10 bits per heavy atom. The molecule has 2 heteroatoms. The maximum absolute atomic E-state index is 7.09. The van der Waals surface area contributed by atoms with E-state index in [1.165, 1.54) is 38.5 Å². The lowest BCUT2D eigenvalue weighted by atomic mass is 9.43. The summed E-state index contributed by atoms with van der Waals surface area (Å²) in [5.41, 5.74) is 4.09. The van der Waals surface area contributed by atoms with Crippen LogP contribution in [0, 0.1) is 40.9 Å². The third-order valence-electron chi connectivity index (χ3n) is 10.2. The fraction of sp³-hybridized carbons (Fsp3) is 0.857. The Hall–Kier alpha value is -0.523. The highest BCUT2D eigenvalue weighted by Gasteiger charge is 2.59. The summed E-state index contributed by atoms with van der Waals surface area (Å²) in [6.07, 6.45) is 16.0. The smallest absolute Gasteiger partial charge is 0.192 e. The van der Waals surface area contributed by atoms with Crippen molar-refractivity contribution in [1.82, 2.24) is 0 Å². The highest BCUT2D eigenvalue weighted by atomic mass is 28.4. The minimum atomic E-state index is -1.76. The SMILES string of the molecule is C#CCCC1=C(C)CC[C@H]2[C@H]1CC[C@H]1C(C)(C)[C@@H](O[Si](C)(C)C(C)(C)C)CC[C@]21C. The van der Waals surface area contributed by atoms with Gasteiger partial charge in [-0.15, -0.1) is 12.3 Å². The first kappa shape index (κ1) is 24.1. The van der Waals surface area contributed by atoms with Gasteiger partial charge in [-0.3, -0.25) is 0 Å². The van der Waals surface area contributed by atoms with Crippen LogP contribution in [0.2, 0.25) is 18.1 Å². The second-order valence-corrected chi connectivity index (χ2v) is 17.9. The second kappa shape index (κ2) is 8.11. The van der Waals surface area contributed by atoms with Crippen molar-refractivity contribution >= 4 is 8.32 Å². The molecule has 1 nitrogen and oxygen atoms in total. The molecule has 0 aromatic rings. The molecule has 0 bridgehead atoms. The average Bonchev–Trinajstić information content (AvgIpc) is 2.62. The maximum atomic E-state index is 7.09. The molecule has 5 atom stereocenters. The van der Waals surface area contributed by atoms with Crippen molar-refractivity contribution in [1.29, 1.82) is 0 Å². The molecule has 30 heavy (non-hydrogen) atoms. The van der Waals surface area contributed by atoms with Crippen molar-refractivity contribution in [3.8, 4) is 12.3 Å². The Labute approximate surface area is 189 Å². The molecule has 0 heterocycles. The molecule has 0 spiro atoms. The van der Waals surface area contributed by atoms with Crippen molar-refractivity contribution in [3.05, 3.63) is 11.1 Å². The summed E-state index contributed by atoms with van der Waals surface area (Å²) in [6.45, 7) is 22.1. The molecular weight excluding hydrogens is 380 g/mol. The second-order valence-electron chi connectivity index (χ2n) is 13.1. The fourth-order valence-electron chi connectivity index (χ4n) is 7.36. The number of rotatable bonds is 4. The van der Waals surface area contributed by atoms with E-state index in [4.69, 9.17) is 10.8 Å². The van der Waals surface area contributed by atoms with E-state index < -0.39 is 8.32 Å². The van der Waals surface area contributed by atoms with E-state index in [-0.39, 0.29) is 10.5 Å². The third kappa shape index (κ3) is 3.99. The topological polar surface area (TPSA) is 9.23 Å². The van der Waals surface area contributed by atoms with Crippen molar-refractivity contribution in [2.45, 2.75) is 124 Å². The first-order valence-corrected chi connectivity index (χ1v) is 15.5. The highest BCUT2D eigenvalue weighted by molar-refractivity contribution is 6.74. The van der Waals surface area contributed by atoms with E-state index >= 15 is 0 Å². The zero-order valence-electron chi connectivity index (χ0n) is 21.5. The standard InChI is InChI=1S/C28H48OSi/c1-11-12-13-21-20(2)14-16-23-22(21)15-17-24-27(6,7)25(18-19-28(23,24)8)29-30(9,10)26(3,4)5/h1,22-25H,12-19H2,2-10H3/t22-,23-,24-,25-,28+/m0/s1. The van der Waals surface area contributed by atoms with Crippen LogP contribution in [0.5, 0.6) is 0 Å². The Kier molecular flexibility index (Phi) is 6.52. The van der Waals surface area contributed by atoms with Gasteiger partial charge in [-0.2, -0.15) is 0 Å². The van der Waals surface area contributed by atoms with Gasteiger partial charge in [0.1, 0.15) is 0 Å². The predicted molar refractivity (Wildman–Crippen MR) is 133 cm³/mol. The van der Waals surface area contributed by atoms with Gasteiger partial charge in [0.15, 0.2) is 8.32 Å². The molecule has 2 fully saturated rings. The Morgan fingerprint density at radius 2 is 1.77 bits per heavy atom. The normalized spacial score (nSPS) is 36.7. The van der Waals surface area contributed by atoms with Crippen LogP contribution < -0.4 is 0 Å². The summed E-state index contributed by atoms with van der Waals surface area (Å²) < 4.78 is 7.09. The summed E-state index contributed by atoms with van der Waals surface area (Å²) >= 11 is 0. The van der Waals surface area contributed by atoms with E-state index in [1.807, 2.05) is 0 Å². The zero-order valence-corrected chi connectivity index (χ0v) is 22.5. The lowest BCUT2D eigenvalue weighted by molar-refractivity contribution is -0.144. The monoisotopic (exact) mass is 428 g/mol. The number of hydrogen-bond acceptors (Lipinski definition) is 1. The lowest BCUT2D eigenvalue weighted by Crippen LogP contribution is -2.59. The van der Waals surface area contributed by atoms with Crippen LogP contribution in [0.25, 0.3) is 0 Å². The molecule has 0 aromatic carbocycles. The van der Waals surface area contributed by atoms with Gasteiger partial charge in [-0.25, -0.2) is 0 Å². The average molecular weight is 429 g/mol. The summed E-state index contributed by atoms with van der Waals surface area (Å²) in [6, 6.07) is 0. The van der Waals surface area contributed by atoms with Crippen molar-refractivity contribution in [2.75, 3.05) is 0 Å². The molecule has 0 aliphatic heterocycles. The van der Waals surface area contributed by atoms with Gasteiger partial charge < -0.3 is 4.43 Å². The lowest BCUT2D eigenvalue weighted by Gasteiger charge is -2.63. The molecule has 3 aliphatic carbocycles. The predicted octanol–water partition coefficient (Wildman–Crippen LogP) is 8.37. The van der Waals surface area contributed by atoms with Crippen LogP contribution in [0.1, 0.15) is 99.8 Å². The first-order valence-electron chi connectivity index (χ1n) is 12.6. The number of allylic oxidation sites excluding steroid dienone is 2. The van der Waals surface area contributed by atoms with Crippen LogP contribution in [0.4, 0.5) is 0 Å². The third-order valence-corrected chi connectivity index (χ3v) is 14.7. The minimum absolute atomic E-state index is 0.253. The fourth-order valence-corrected chi connectivity index (χ4v) is 8.85. The number of fused-ring (bicyclic) bond motifs is 3. The van der Waals surface area contributed by atoms with Crippen LogP contribution in [0.3, 0.4) is 0 Å². The summed E-state index contributed by atoms with van der Waals surface area (Å²) in [4.78, 5) is 0. The Morgan fingerprint density at radius 3 is 2.37 bits per heavy atom.